The van der Waals surface area contributed by atoms with Crippen LogP contribution in [0.25, 0.3) is 0 Å². The van der Waals surface area contributed by atoms with Crippen LogP contribution in [0.3, 0.4) is 0 Å². The molecule has 1 heterocycles. The Balaban J connectivity index is 2.19. The Morgan fingerprint density at radius 2 is 1.92 bits per heavy atom. The van der Waals surface area contributed by atoms with Crippen molar-refractivity contribution in [3.8, 4) is 0 Å². The zero-order valence-corrected chi connectivity index (χ0v) is 13.6. The van der Waals surface area contributed by atoms with Gasteiger partial charge in [-0.3, -0.25) is 0 Å². The quantitative estimate of drug-likeness (QED) is 0.355. The highest BCUT2D eigenvalue weighted by Gasteiger charge is 2.39. The van der Waals surface area contributed by atoms with Gasteiger partial charge in [0.1, 0.15) is 5.82 Å². The van der Waals surface area contributed by atoms with Crippen LogP contribution in [0.5, 0.6) is 0 Å². The topological polar surface area (TPSA) is 85.9 Å². The van der Waals surface area contributed by atoms with Gasteiger partial charge < -0.3 is 24.8 Å². The van der Waals surface area contributed by atoms with Gasteiger partial charge in [-0.1, -0.05) is 6.07 Å². The summed E-state index contributed by atoms with van der Waals surface area (Å²) in [6, 6.07) is 4.44. The molecule has 24 heavy (non-hydrogen) atoms. The van der Waals surface area contributed by atoms with E-state index in [-0.39, 0.29) is 11.3 Å². The lowest BCUT2D eigenvalue weighted by Gasteiger charge is -2.29. The van der Waals surface area contributed by atoms with E-state index in [9.17, 15) is 14.0 Å². The van der Waals surface area contributed by atoms with Gasteiger partial charge in [-0.25, -0.2) is 14.0 Å². The van der Waals surface area contributed by atoms with E-state index >= 15 is 0 Å². The SMILES string of the molecule is COCCNc1cccc(F)c1NC=C1C(=O)OC(C)(C)OC1=O. The van der Waals surface area contributed by atoms with Crippen LogP contribution in [0, 0.1) is 5.82 Å². The maximum atomic E-state index is 14.0. The summed E-state index contributed by atoms with van der Waals surface area (Å²) in [6.45, 7) is 3.79. The summed E-state index contributed by atoms with van der Waals surface area (Å²) in [6.07, 6.45) is 1.07. The van der Waals surface area contributed by atoms with Gasteiger partial charge in [-0.2, -0.15) is 0 Å². The van der Waals surface area contributed by atoms with Gasteiger partial charge in [0.25, 0.3) is 5.79 Å². The fraction of sp³-hybridized carbons (Fsp3) is 0.375. The van der Waals surface area contributed by atoms with E-state index < -0.39 is 23.5 Å². The zero-order chi connectivity index (χ0) is 17.7. The third-order valence-corrected chi connectivity index (χ3v) is 3.11. The van der Waals surface area contributed by atoms with Gasteiger partial charge in [0.05, 0.1) is 18.0 Å². The predicted octanol–water partition coefficient (Wildman–Crippen LogP) is 2.02. The van der Waals surface area contributed by atoms with Crippen LogP contribution < -0.4 is 10.6 Å². The van der Waals surface area contributed by atoms with E-state index in [2.05, 4.69) is 10.6 Å². The molecular weight excluding hydrogens is 319 g/mol. The Labute approximate surface area is 138 Å². The molecule has 0 bridgehead atoms. The summed E-state index contributed by atoms with van der Waals surface area (Å²) in [5, 5.41) is 5.61. The number of para-hydroxylation sites is 1. The number of carbonyl (C=O) groups excluding carboxylic acids is 2. The molecular formula is C16H19FN2O5. The van der Waals surface area contributed by atoms with Crippen molar-refractivity contribution in [1.82, 2.24) is 0 Å². The largest absolute Gasteiger partial charge is 0.419 e. The number of nitrogens with one attached hydrogen (secondary N) is 2. The number of rotatable bonds is 6. The van der Waals surface area contributed by atoms with E-state index in [4.69, 9.17) is 14.2 Å². The summed E-state index contributed by atoms with van der Waals surface area (Å²) < 4.78 is 28.9. The van der Waals surface area contributed by atoms with E-state index in [0.717, 1.165) is 6.20 Å². The summed E-state index contributed by atoms with van der Waals surface area (Å²) in [5.74, 6) is -3.55. The Morgan fingerprint density at radius 1 is 1.25 bits per heavy atom. The smallest absolute Gasteiger partial charge is 0.350 e. The molecule has 2 N–H and O–H groups in total. The minimum atomic E-state index is -1.32. The molecule has 8 heteroatoms. The van der Waals surface area contributed by atoms with Crippen LogP contribution in [0.1, 0.15) is 13.8 Å². The number of halogens is 1. The number of anilines is 2. The van der Waals surface area contributed by atoms with Gasteiger partial charge in [-0.15, -0.1) is 0 Å². The molecule has 1 saturated heterocycles. The van der Waals surface area contributed by atoms with Gasteiger partial charge >= 0.3 is 11.9 Å². The van der Waals surface area contributed by atoms with E-state index in [1.807, 2.05) is 0 Å². The number of hydrogen-bond donors (Lipinski definition) is 2. The number of methoxy groups -OCH3 is 1. The van der Waals surface area contributed by atoms with Gasteiger partial charge in [0.15, 0.2) is 5.57 Å². The van der Waals surface area contributed by atoms with Gasteiger partial charge in [0, 0.05) is 33.7 Å². The summed E-state index contributed by atoms with van der Waals surface area (Å²) in [4.78, 5) is 23.7. The van der Waals surface area contributed by atoms with Gasteiger partial charge in [0.2, 0.25) is 0 Å². The van der Waals surface area contributed by atoms with E-state index in [0.29, 0.717) is 18.8 Å². The highest BCUT2D eigenvalue weighted by atomic mass is 19.1. The van der Waals surface area contributed by atoms with Crippen LogP contribution in [0.15, 0.2) is 30.0 Å². The molecule has 0 radical (unpaired) electrons. The first kappa shape index (κ1) is 17.7. The van der Waals surface area contributed by atoms with Gasteiger partial charge in [-0.05, 0) is 12.1 Å². The molecule has 130 valence electrons. The molecule has 0 spiro atoms. The zero-order valence-electron chi connectivity index (χ0n) is 13.6. The minimum Gasteiger partial charge on any atom is -0.419 e. The average Bonchev–Trinajstić information content (AvgIpc) is 2.47. The first-order valence-corrected chi connectivity index (χ1v) is 7.29. The van der Waals surface area contributed by atoms with Crippen LogP contribution in [-0.4, -0.2) is 38.0 Å². The Morgan fingerprint density at radius 3 is 2.54 bits per heavy atom. The van der Waals surface area contributed by atoms with Crippen molar-refractivity contribution in [2.24, 2.45) is 0 Å². The van der Waals surface area contributed by atoms with Crippen LogP contribution in [0.2, 0.25) is 0 Å². The third kappa shape index (κ3) is 4.23. The fourth-order valence-electron chi connectivity index (χ4n) is 2.03. The number of esters is 2. The first-order chi connectivity index (χ1) is 11.3. The second-order valence-corrected chi connectivity index (χ2v) is 5.46. The van der Waals surface area contributed by atoms with E-state index in [1.54, 1.807) is 13.2 Å². The number of cyclic esters (lactones) is 2. The van der Waals surface area contributed by atoms with E-state index in [1.165, 1.54) is 26.0 Å². The lowest BCUT2D eigenvalue weighted by atomic mass is 10.2. The van der Waals surface area contributed by atoms with Crippen molar-refractivity contribution in [2.75, 3.05) is 30.9 Å². The molecule has 1 aromatic rings. The van der Waals surface area contributed by atoms with Crippen molar-refractivity contribution < 1.29 is 28.2 Å². The second-order valence-electron chi connectivity index (χ2n) is 5.46. The maximum absolute atomic E-state index is 14.0. The number of ether oxygens (including phenoxy) is 3. The molecule has 2 rings (SSSR count). The van der Waals surface area contributed by atoms with Crippen molar-refractivity contribution in [3.05, 3.63) is 35.8 Å². The summed E-state index contributed by atoms with van der Waals surface area (Å²) >= 11 is 0. The predicted molar refractivity (Wildman–Crippen MR) is 84.7 cm³/mol. The van der Waals surface area contributed by atoms with Crippen molar-refractivity contribution in [3.63, 3.8) is 0 Å². The average molecular weight is 338 g/mol. The maximum Gasteiger partial charge on any atom is 0.350 e. The summed E-state index contributed by atoms with van der Waals surface area (Å²) in [7, 11) is 1.55. The minimum absolute atomic E-state index is 0.0894. The molecule has 0 atom stereocenters. The molecule has 1 aromatic carbocycles. The van der Waals surface area contributed by atoms with Crippen molar-refractivity contribution >= 4 is 23.3 Å². The highest BCUT2D eigenvalue weighted by Crippen LogP contribution is 2.27. The number of hydrogen-bond acceptors (Lipinski definition) is 7. The van der Waals surface area contributed by atoms with Crippen LogP contribution in [-0.2, 0) is 23.8 Å². The molecule has 0 aliphatic carbocycles. The summed E-state index contributed by atoms with van der Waals surface area (Å²) in [5.41, 5.74) is 0.203. The molecule has 0 saturated carbocycles. The molecule has 0 amide bonds. The Bertz CT molecular complexity index is 650. The molecule has 0 unspecified atom stereocenters. The fourth-order valence-corrected chi connectivity index (χ4v) is 2.03. The standard InChI is InChI=1S/C16H19FN2O5/c1-16(2)23-14(20)10(15(21)24-16)9-19-13-11(17)5-4-6-12(13)18-7-8-22-3/h4-6,9,18-19H,7-8H2,1-3H3. The molecule has 7 nitrogen and oxygen atoms in total. The number of carbonyl (C=O) groups is 2. The monoisotopic (exact) mass is 338 g/mol. The lowest BCUT2D eigenvalue weighted by molar-refractivity contribution is -0.222. The number of benzene rings is 1. The van der Waals surface area contributed by atoms with Crippen molar-refractivity contribution in [1.29, 1.82) is 0 Å². The lowest BCUT2D eigenvalue weighted by Crippen LogP contribution is -2.42. The Hall–Kier alpha value is -2.61. The normalized spacial score (nSPS) is 16.2. The Kier molecular flexibility index (Phi) is 5.40. The third-order valence-electron chi connectivity index (χ3n) is 3.11. The van der Waals surface area contributed by atoms with Crippen molar-refractivity contribution in [2.45, 2.75) is 19.6 Å². The second kappa shape index (κ2) is 7.31. The molecule has 1 fully saturated rings. The first-order valence-electron chi connectivity index (χ1n) is 7.29. The van der Waals surface area contributed by atoms with Crippen LogP contribution in [0.4, 0.5) is 15.8 Å². The molecule has 1 aliphatic heterocycles. The highest BCUT2D eigenvalue weighted by molar-refractivity contribution is 6.15. The molecule has 1 aliphatic rings. The molecule has 0 aromatic heterocycles. The van der Waals surface area contributed by atoms with Crippen LogP contribution >= 0.6 is 0 Å².